The van der Waals surface area contributed by atoms with E-state index in [0.29, 0.717) is 33.2 Å². The Morgan fingerprint density at radius 3 is 2.78 bits per heavy atom. The molecule has 2 aromatic carbocycles. The van der Waals surface area contributed by atoms with Crippen LogP contribution in [0.25, 0.3) is 15.9 Å². The second-order valence-corrected chi connectivity index (χ2v) is 10.5. The average molecular weight is 517 g/mol. The molecule has 0 bridgehead atoms. The number of hydrogen-bond acceptors (Lipinski definition) is 7. The Kier molecular flexibility index (Phi) is 7.07. The number of nitriles is 1. The summed E-state index contributed by atoms with van der Waals surface area (Å²) in [6.07, 6.45) is 5.24. The fourth-order valence-corrected chi connectivity index (χ4v) is 6.51. The van der Waals surface area contributed by atoms with Gasteiger partial charge < -0.3 is 10.1 Å². The van der Waals surface area contributed by atoms with Crippen LogP contribution in [-0.4, -0.2) is 28.3 Å². The number of benzene rings is 2. The maximum absolute atomic E-state index is 13.9. The molecule has 2 heterocycles. The Bertz CT molecular complexity index is 1530. The summed E-state index contributed by atoms with van der Waals surface area (Å²) in [5.74, 6) is 0.490. The van der Waals surface area contributed by atoms with Crippen molar-refractivity contribution in [2.45, 2.75) is 37.3 Å². The van der Waals surface area contributed by atoms with Crippen LogP contribution in [0.15, 0.2) is 58.5 Å². The van der Waals surface area contributed by atoms with E-state index in [1.54, 1.807) is 53.3 Å². The molecule has 1 amide bonds. The standard InChI is InChI=1S/C27H24N4O3S2/c1-34-20-7-5-6-19(14-20)31-26(33)24-21-8-3-2-4-9-22(21)36-25(24)30-27(31)35-16-23(32)29-18-12-10-17(15-28)11-13-18/h5-7,10-14H,2-4,8-9,16H2,1H3,(H,29,32). The molecule has 36 heavy (non-hydrogen) atoms. The van der Waals surface area contributed by atoms with Gasteiger partial charge in [0.2, 0.25) is 5.91 Å². The molecule has 0 atom stereocenters. The van der Waals surface area contributed by atoms with E-state index in [4.69, 9.17) is 15.0 Å². The van der Waals surface area contributed by atoms with Crippen LogP contribution < -0.4 is 15.6 Å². The molecule has 1 aliphatic carbocycles. The van der Waals surface area contributed by atoms with Gasteiger partial charge in [-0.3, -0.25) is 14.2 Å². The topological polar surface area (TPSA) is 97.0 Å². The van der Waals surface area contributed by atoms with E-state index in [9.17, 15) is 9.59 Å². The second-order valence-electron chi connectivity index (χ2n) is 8.51. The number of thioether (sulfide) groups is 1. The molecule has 7 nitrogen and oxygen atoms in total. The van der Waals surface area contributed by atoms with Crippen molar-refractivity contribution in [3.05, 3.63) is 74.9 Å². The SMILES string of the molecule is COc1cccc(-n2c(SCC(=O)Nc3ccc(C#N)cc3)nc3sc4c(c3c2=O)CCCCC4)c1. The molecule has 0 saturated carbocycles. The summed E-state index contributed by atoms with van der Waals surface area (Å²) in [7, 11) is 1.59. The van der Waals surface area contributed by atoms with Gasteiger partial charge in [-0.2, -0.15) is 5.26 Å². The van der Waals surface area contributed by atoms with E-state index < -0.39 is 0 Å². The predicted octanol–water partition coefficient (Wildman–Crippen LogP) is 5.33. The lowest BCUT2D eigenvalue weighted by Crippen LogP contribution is -2.23. The number of nitrogens with zero attached hydrogens (tertiary/aromatic N) is 3. The molecule has 0 saturated heterocycles. The number of carbonyl (C=O) groups excluding carboxylic acids is 1. The number of anilines is 1. The molecular formula is C27H24N4O3S2. The molecular weight excluding hydrogens is 492 g/mol. The first-order chi connectivity index (χ1) is 17.6. The number of aromatic nitrogens is 2. The molecule has 5 rings (SSSR count). The van der Waals surface area contributed by atoms with Crippen molar-refractivity contribution in [1.82, 2.24) is 9.55 Å². The number of hydrogen-bond donors (Lipinski definition) is 1. The van der Waals surface area contributed by atoms with Crippen LogP contribution in [0.5, 0.6) is 5.75 Å². The average Bonchev–Trinajstić information content (AvgIpc) is 3.09. The van der Waals surface area contributed by atoms with Gasteiger partial charge in [-0.1, -0.05) is 24.2 Å². The van der Waals surface area contributed by atoms with E-state index in [1.165, 1.54) is 23.1 Å². The van der Waals surface area contributed by atoms with E-state index >= 15 is 0 Å². The summed E-state index contributed by atoms with van der Waals surface area (Å²) < 4.78 is 6.99. The van der Waals surface area contributed by atoms with Gasteiger partial charge in [0.25, 0.3) is 5.56 Å². The number of thiophene rings is 1. The van der Waals surface area contributed by atoms with Gasteiger partial charge in [0, 0.05) is 16.6 Å². The first kappa shape index (κ1) is 24.1. The molecule has 0 aliphatic heterocycles. The monoisotopic (exact) mass is 516 g/mol. The minimum absolute atomic E-state index is 0.0764. The minimum atomic E-state index is -0.224. The highest BCUT2D eigenvalue weighted by molar-refractivity contribution is 7.99. The van der Waals surface area contributed by atoms with Gasteiger partial charge in [-0.05, 0) is 67.6 Å². The van der Waals surface area contributed by atoms with Crippen LogP contribution in [0, 0.1) is 11.3 Å². The molecule has 0 fully saturated rings. The zero-order valence-corrected chi connectivity index (χ0v) is 21.4. The van der Waals surface area contributed by atoms with Crippen molar-refractivity contribution < 1.29 is 9.53 Å². The maximum atomic E-state index is 13.9. The fraction of sp³-hybridized carbons (Fsp3) is 0.259. The van der Waals surface area contributed by atoms with Crippen LogP contribution in [0.3, 0.4) is 0 Å². The molecule has 182 valence electrons. The van der Waals surface area contributed by atoms with Crippen LogP contribution in [0.2, 0.25) is 0 Å². The quantitative estimate of drug-likeness (QED) is 0.211. The number of fused-ring (bicyclic) bond motifs is 3. The number of rotatable bonds is 6. The van der Waals surface area contributed by atoms with E-state index in [-0.39, 0.29) is 17.2 Å². The molecule has 0 spiro atoms. The number of amides is 1. The summed E-state index contributed by atoms with van der Waals surface area (Å²) in [6, 6.07) is 16.1. The van der Waals surface area contributed by atoms with Gasteiger partial charge in [0.15, 0.2) is 5.16 Å². The molecule has 9 heteroatoms. The fourth-order valence-electron chi connectivity index (χ4n) is 4.39. The van der Waals surface area contributed by atoms with Crippen LogP contribution in [0.1, 0.15) is 35.3 Å². The smallest absolute Gasteiger partial charge is 0.267 e. The first-order valence-electron chi connectivity index (χ1n) is 11.7. The van der Waals surface area contributed by atoms with Crippen molar-refractivity contribution in [2.24, 2.45) is 0 Å². The molecule has 4 aromatic rings. The molecule has 1 N–H and O–H groups in total. The van der Waals surface area contributed by atoms with Crippen LogP contribution in [0.4, 0.5) is 5.69 Å². The van der Waals surface area contributed by atoms with Crippen molar-refractivity contribution in [3.63, 3.8) is 0 Å². The summed E-state index contributed by atoms with van der Waals surface area (Å²) in [5.41, 5.74) is 2.81. The largest absolute Gasteiger partial charge is 0.497 e. The number of ether oxygens (including phenoxy) is 1. The van der Waals surface area contributed by atoms with E-state index in [2.05, 4.69) is 11.4 Å². The number of aryl methyl sites for hydroxylation is 2. The Balaban J connectivity index is 1.52. The van der Waals surface area contributed by atoms with Crippen molar-refractivity contribution in [2.75, 3.05) is 18.2 Å². The highest BCUT2D eigenvalue weighted by atomic mass is 32.2. The van der Waals surface area contributed by atoms with Crippen LogP contribution >= 0.6 is 23.1 Å². The van der Waals surface area contributed by atoms with Crippen molar-refractivity contribution in [3.8, 4) is 17.5 Å². The highest BCUT2D eigenvalue weighted by Gasteiger charge is 2.23. The summed E-state index contributed by atoms with van der Waals surface area (Å²) >= 11 is 2.83. The Labute approximate surface area is 216 Å². The van der Waals surface area contributed by atoms with Crippen molar-refractivity contribution in [1.29, 1.82) is 5.26 Å². The maximum Gasteiger partial charge on any atom is 0.267 e. The lowest BCUT2D eigenvalue weighted by atomic mass is 10.1. The first-order valence-corrected chi connectivity index (χ1v) is 13.5. The number of carbonyl (C=O) groups is 1. The summed E-state index contributed by atoms with van der Waals surface area (Å²) in [6.45, 7) is 0. The lowest BCUT2D eigenvalue weighted by Gasteiger charge is -2.13. The number of nitrogens with one attached hydrogen (secondary N) is 1. The van der Waals surface area contributed by atoms with E-state index in [0.717, 1.165) is 36.1 Å². The highest BCUT2D eigenvalue weighted by Crippen LogP contribution is 2.35. The summed E-state index contributed by atoms with van der Waals surface area (Å²) in [4.78, 5) is 33.5. The lowest BCUT2D eigenvalue weighted by molar-refractivity contribution is -0.113. The Hall–Kier alpha value is -3.61. The Morgan fingerprint density at radius 1 is 1.19 bits per heavy atom. The molecule has 0 unspecified atom stereocenters. The van der Waals surface area contributed by atoms with Gasteiger partial charge in [0.05, 0.1) is 35.6 Å². The van der Waals surface area contributed by atoms with Crippen molar-refractivity contribution >= 4 is 44.9 Å². The van der Waals surface area contributed by atoms with E-state index in [1.807, 2.05) is 18.2 Å². The minimum Gasteiger partial charge on any atom is -0.497 e. The zero-order chi connectivity index (χ0) is 25.1. The molecule has 2 aromatic heterocycles. The third-order valence-corrected chi connectivity index (χ3v) is 8.27. The Morgan fingerprint density at radius 2 is 2.00 bits per heavy atom. The predicted molar refractivity (Wildman–Crippen MR) is 144 cm³/mol. The van der Waals surface area contributed by atoms with Crippen LogP contribution in [-0.2, 0) is 17.6 Å². The van der Waals surface area contributed by atoms with Gasteiger partial charge >= 0.3 is 0 Å². The summed E-state index contributed by atoms with van der Waals surface area (Å²) in [5, 5.41) is 13.0. The third-order valence-electron chi connectivity index (χ3n) is 6.15. The third kappa shape index (κ3) is 4.87. The van der Waals surface area contributed by atoms with Gasteiger partial charge in [-0.15, -0.1) is 11.3 Å². The van der Waals surface area contributed by atoms with Gasteiger partial charge in [-0.25, -0.2) is 4.98 Å². The molecule has 1 aliphatic rings. The van der Waals surface area contributed by atoms with Gasteiger partial charge in [0.1, 0.15) is 10.6 Å². The number of methoxy groups -OCH3 is 1. The normalized spacial score (nSPS) is 13.0. The molecule has 0 radical (unpaired) electrons. The zero-order valence-electron chi connectivity index (χ0n) is 19.7. The second kappa shape index (κ2) is 10.6.